The molecular formula is C18H28N4O2. The number of amides is 2. The quantitative estimate of drug-likeness (QED) is 0.792. The Morgan fingerprint density at radius 2 is 1.79 bits per heavy atom. The number of benzene rings is 1. The molecule has 1 aliphatic heterocycles. The van der Waals surface area contributed by atoms with Crippen LogP contribution < -0.4 is 10.9 Å². The maximum Gasteiger partial charge on any atom is 0.255 e. The van der Waals surface area contributed by atoms with Crippen molar-refractivity contribution in [2.45, 2.75) is 39.8 Å². The van der Waals surface area contributed by atoms with E-state index in [2.05, 4.69) is 51.8 Å². The second kappa shape index (κ2) is 8.80. The van der Waals surface area contributed by atoms with Gasteiger partial charge in [-0.2, -0.15) is 0 Å². The summed E-state index contributed by atoms with van der Waals surface area (Å²) in [4.78, 5) is 27.9. The van der Waals surface area contributed by atoms with Gasteiger partial charge in [0.1, 0.15) is 0 Å². The summed E-state index contributed by atoms with van der Waals surface area (Å²) in [6, 6.07) is 8.21. The van der Waals surface area contributed by atoms with Crippen molar-refractivity contribution in [1.29, 1.82) is 0 Å². The van der Waals surface area contributed by atoms with Gasteiger partial charge in [-0.25, -0.2) is 0 Å². The van der Waals surface area contributed by atoms with E-state index in [1.165, 1.54) is 11.1 Å². The minimum absolute atomic E-state index is 0.163. The number of nitrogens with zero attached hydrogens (tertiary/aromatic N) is 2. The maximum atomic E-state index is 12.1. The SMILES string of the molecule is CCC(=O)NNC(=O)[C@@H](C)N1CCN(Cc2ccccc2C)CC1. The predicted molar refractivity (Wildman–Crippen MR) is 94.1 cm³/mol. The molecule has 0 spiro atoms. The molecule has 1 fully saturated rings. The third-order valence-corrected chi connectivity index (χ3v) is 4.64. The first kappa shape index (κ1) is 18.4. The van der Waals surface area contributed by atoms with E-state index in [-0.39, 0.29) is 17.9 Å². The van der Waals surface area contributed by atoms with Crippen LogP contribution in [0.2, 0.25) is 0 Å². The van der Waals surface area contributed by atoms with Crippen LogP contribution in [-0.4, -0.2) is 53.8 Å². The molecule has 0 aromatic heterocycles. The van der Waals surface area contributed by atoms with Gasteiger partial charge in [0.2, 0.25) is 5.91 Å². The summed E-state index contributed by atoms with van der Waals surface area (Å²) in [5.74, 6) is -0.345. The third-order valence-electron chi connectivity index (χ3n) is 4.64. The van der Waals surface area contributed by atoms with Crippen molar-refractivity contribution in [3.05, 3.63) is 35.4 Å². The Morgan fingerprint density at radius 3 is 2.42 bits per heavy atom. The van der Waals surface area contributed by atoms with Gasteiger partial charge in [-0.05, 0) is 25.0 Å². The molecule has 132 valence electrons. The summed E-state index contributed by atoms with van der Waals surface area (Å²) >= 11 is 0. The second-order valence-corrected chi connectivity index (χ2v) is 6.31. The zero-order chi connectivity index (χ0) is 17.5. The average Bonchev–Trinajstić information content (AvgIpc) is 2.61. The van der Waals surface area contributed by atoms with Gasteiger partial charge in [0, 0.05) is 39.1 Å². The van der Waals surface area contributed by atoms with Crippen LogP contribution in [0.15, 0.2) is 24.3 Å². The minimum atomic E-state index is -0.247. The molecule has 6 nitrogen and oxygen atoms in total. The molecule has 0 bridgehead atoms. The smallest absolute Gasteiger partial charge is 0.255 e. The number of hydrogen-bond donors (Lipinski definition) is 2. The van der Waals surface area contributed by atoms with Crippen LogP contribution in [0.3, 0.4) is 0 Å². The molecule has 0 aliphatic carbocycles. The highest BCUT2D eigenvalue weighted by atomic mass is 16.2. The Labute approximate surface area is 144 Å². The van der Waals surface area contributed by atoms with Gasteiger partial charge in [-0.1, -0.05) is 31.2 Å². The lowest BCUT2D eigenvalue weighted by atomic mass is 10.1. The van der Waals surface area contributed by atoms with Gasteiger partial charge < -0.3 is 0 Å². The highest BCUT2D eigenvalue weighted by Gasteiger charge is 2.25. The molecule has 2 N–H and O–H groups in total. The maximum absolute atomic E-state index is 12.1. The van der Waals surface area contributed by atoms with Crippen LogP contribution in [0.1, 0.15) is 31.4 Å². The lowest BCUT2D eigenvalue weighted by Gasteiger charge is -2.37. The Bertz CT molecular complexity index is 568. The topological polar surface area (TPSA) is 64.7 Å². The highest BCUT2D eigenvalue weighted by Crippen LogP contribution is 2.13. The summed E-state index contributed by atoms with van der Waals surface area (Å²) in [6.45, 7) is 10.3. The molecule has 24 heavy (non-hydrogen) atoms. The van der Waals surface area contributed by atoms with Gasteiger partial charge in [-0.3, -0.25) is 30.2 Å². The molecule has 0 unspecified atom stereocenters. The van der Waals surface area contributed by atoms with Crippen LogP contribution in [0.5, 0.6) is 0 Å². The number of piperazine rings is 1. The van der Waals surface area contributed by atoms with Crippen LogP contribution in [0.4, 0.5) is 0 Å². The minimum Gasteiger partial charge on any atom is -0.297 e. The van der Waals surface area contributed by atoms with Crippen LogP contribution in [0.25, 0.3) is 0 Å². The van der Waals surface area contributed by atoms with E-state index in [0.29, 0.717) is 6.42 Å². The average molecular weight is 332 g/mol. The third kappa shape index (κ3) is 5.04. The van der Waals surface area contributed by atoms with Crippen molar-refractivity contribution in [1.82, 2.24) is 20.7 Å². The van der Waals surface area contributed by atoms with Crippen molar-refractivity contribution in [3.8, 4) is 0 Å². The Balaban J connectivity index is 1.78. The Morgan fingerprint density at radius 1 is 1.12 bits per heavy atom. The summed E-state index contributed by atoms with van der Waals surface area (Å²) < 4.78 is 0. The Kier molecular flexibility index (Phi) is 6.75. The fraction of sp³-hybridized carbons (Fsp3) is 0.556. The largest absolute Gasteiger partial charge is 0.297 e. The molecular weight excluding hydrogens is 304 g/mol. The molecule has 2 amide bonds. The fourth-order valence-electron chi connectivity index (χ4n) is 2.83. The number of nitrogens with one attached hydrogen (secondary N) is 2. The molecule has 0 saturated carbocycles. The summed E-state index contributed by atoms with van der Waals surface area (Å²) in [7, 11) is 0. The number of aryl methyl sites for hydroxylation is 1. The number of rotatable bonds is 5. The van der Waals surface area contributed by atoms with Crippen molar-refractivity contribution in [2.75, 3.05) is 26.2 Å². The van der Waals surface area contributed by atoms with Crippen molar-refractivity contribution in [2.24, 2.45) is 0 Å². The number of carbonyl (C=O) groups excluding carboxylic acids is 2. The molecule has 1 atom stereocenters. The predicted octanol–water partition coefficient (Wildman–Crippen LogP) is 1.06. The van der Waals surface area contributed by atoms with Crippen LogP contribution >= 0.6 is 0 Å². The summed E-state index contributed by atoms with van der Waals surface area (Å²) in [5.41, 5.74) is 7.60. The van der Waals surface area contributed by atoms with E-state index >= 15 is 0 Å². The first-order chi connectivity index (χ1) is 11.5. The van der Waals surface area contributed by atoms with Gasteiger partial charge in [0.25, 0.3) is 5.91 Å². The molecule has 1 aromatic rings. The summed E-state index contributed by atoms with van der Waals surface area (Å²) in [5, 5.41) is 0. The van der Waals surface area contributed by atoms with E-state index < -0.39 is 0 Å². The van der Waals surface area contributed by atoms with E-state index in [0.717, 1.165) is 32.7 Å². The molecule has 6 heteroatoms. The molecule has 2 rings (SSSR count). The van der Waals surface area contributed by atoms with Crippen molar-refractivity contribution < 1.29 is 9.59 Å². The lowest BCUT2D eigenvalue weighted by molar-refractivity contribution is -0.132. The molecule has 1 aromatic carbocycles. The van der Waals surface area contributed by atoms with E-state index in [9.17, 15) is 9.59 Å². The van der Waals surface area contributed by atoms with Crippen molar-refractivity contribution >= 4 is 11.8 Å². The Hall–Kier alpha value is -1.92. The number of carbonyl (C=O) groups is 2. The van der Waals surface area contributed by atoms with Gasteiger partial charge in [0.15, 0.2) is 0 Å². The highest BCUT2D eigenvalue weighted by molar-refractivity contribution is 5.84. The fourth-order valence-corrected chi connectivity index (χ4v) is 2.83. The summed E-state index contributed by atoms with van der Waals surface area (Å²) in [6.07, 6.45) is 0.353. The zero-order valence-corrected chi connectivity index (χ0v) is 14.8. The normalized spacial score (nSPS) is 17.3. The molecule has 1 saturated heterocycles. The van der Waals surface area contributed by atoms with Crippen LogP contribution in [-0.2, 0) is 16.1 Å². The molecule has 0 radical (unpaired) electrons. The monoisotopic (exact) mass is 332 g/mol. The lowest BCUT2D eigenvalue weighted by Crippen LogP contribution is -2.56. The van der Waals surface area contributed by atoms with Gasteiger partial charge in [-0.15, -0.1) is 0 Å². The first-order valence-corrected chi connectivity index (χ1v) is 8.61. The first-order valence-electron chi connectivity index (χ1n) is 8.61. The van der Waals surface area contributed by atoms with E-state index in [1.807, 2.05) is 6.92 Å². The molecule has 1 heterocycles. The second-order valence-electron chi connectivity index (χ2n) is 6.31. The van der Waals surface area contributed by atoms with E-state index in [4.69, 9.17) is 0 Å². The number of hydrogen-bond acceptors (Lipinski definition) is 4. The van der Waals surface area contributed by atoms with Gasteiger partial charge >= 0.3 is 0 Å². The molecule has 1 aliphatic rings. The van der Waals surface area contributed by atoms with Gasteiger partial charge in [0.05, 0.1) is 6.04 Å². The van der Waals surface area contributed by atoms with E-state index in [1.54, 1.807) is 6.92 Å². The standard InChI is InChI=1S/C18H28N4O2/c1-4-17(23)19-20-18(24)15(3)22-11-9-21(10-12-22)13-16-8-6-5-7-14(16)2/h5-8,15H,4,9-13H2,1-3H3,(H,19,23)(H,20,24)/t15-/m1/s1. The zero-order valence-electron chi connectivity index (χ0n) is 14.8. The number of hydrazine groups is 1. The van der Waals surface area contributed by atoms with Crippen molar-refractivity contribution in [3.63, 3.8) is 0 Å². The van der Waals surface area contributed by atoms with Crippen LogP contribution in [0, 0.1) is 6.92 Å².